The topological polar surface area (TPSA) is 127 Å². The number of aryl methyl sites for hydroxylation is 1. The van der Waals surface area contributed by atoms with Gasteiger partial charge in [0.25, 0.3) is 5.91 Å². The van der Waals surface area contributed by atoms with Gasteiger partial charge in [0.15, 0.2) is 5.69 Å². The predicted molar refractivity (Wildman–Crippen MR) is 142 cm³/mol. The fourth-order valence-electron chi connectivity index (χ4n) is 3.30. The average Bonchev–Trinajstić information content (AvgIpc) is 3.61. The first kappa shape index (κ1) is 27.7. The van der Waals surface area contributed by atoms with E-state index in [1.54, 1.807) is 35.0 Å². The summed E-state index contributed by atoms with van der Waals surface area (Å²) >= 11 is 0. The summed E-state index contributed by atoms with van der Waals surface area (Å²) in [5.41, 5.74) is 3.13. The Morgan fingerprint density at radius 2 is 1.92 bits per heavy atom. The molecule has 1 fully saturated rings. The molecule has 2 aromatic heterocycles. The Hall–Kier alpha value is -3.86. The Balaban J connectivity index is 0.000000886. The van der Waals surface area contributed by atoms with Gasteiger partial charge in [0.2, 0.25) is 11.8 Å². The molecule has 1 aromatic carbocycles. The van der Waals surface area contributed by atoms with Crippen LogP contribution in [0.5, 0.6) is 5.88 Å². The van der Waals surface area contributed by atoms with Crippen LogP contribution < -0.4 is 20.3 Å². The molecule has 2 N–H and O–H groups in total. The molecule has 37 heavy (non-hydrogen) atoms. The number of carbonyl (C=O) groups excluding carboxylic acids is 2. The van der Waals surface area contributed by atoms with E-state index in [2.05, 4.69) is 37.8 Å². The third kappa shape index (κ3) is 8.07. The molecular weight excluding hydrogens is 472 g/mol. The third-order valence-electron chi connectivity index (χ3n) is 5.54. The van der Waals surface area contributed by atoms with Gasteiger partial charge < -0.3 is 20.3 Å². The molecule has 1 saturated carbocycles. The normalized spacial score (nSPS) is 12.4. The van der Waals surface area contributed by atoms with E-state index in [-0.39, 0.29) is 11.9 Å². The maximum atomic E-state index is 12.7. The molecule has 0 saturated heterocycles. The summed E-state index contributed by atoms with van der Waals surface area (Å²) in [5.74, 6) is 0.880. The lowest BCUT2D eigenvalue weighted by atomic mass is 10.1. The highest BCUT2D eigenvalue weighted by molar-refractivity contribution is 5.93. The number of amides is 1. The molecular formula is C26H36N8O3. The first-order chi connectivity index (χ1) is 17.9. The van der Waals surface area contributed by atoms with E-state index < -0.39 is 0 Å². The number of nitrogens with zero attached hydrogens (tertiary/aromatic N) is 6. The van der Waals surface area contributed by atoms with Gasteiger partial charge in [-0.05, 0) is 70.5 Å². The first-order valence-electron chi connectivity index (χ1n) is 12.5. The molecule has 198 valence electrons. The lowest BCUT2D eigenvalue weighted by Crippen LogP contribution is -2.27. The zero-order valence-corrected chi connectivity index (χ0v) is 22.2. The lowest BCUT2D eigenvalue weighted by Gasteiger charge is -2.13. The van der Waals surface area contributed by atoms with Crippen molar-refractivity contribution in [2.75, 3.05) is 39.2 Å². The lowest BCUT2D eigenvalue weighted by molar-refractivity contribution is 0.0944. The monoisotopic (exact) mass is 508 g/mol. The molecule has 0 radical (unpaired) electrons. The Kier molecular flexibility index (Phi) is 10.1. The Labute approximate surface area is 217 Å². The number of ether oxygens (including phenoxy) is 1. The molecule has 11 nitrogen and oxygen atoms in total. The van der Waals surface area contributed by atoms with Crippen molar-refractivity contribution in [3.05, 3.63) is 53.0 Å². The fraction of sp³-hybridized carbons (Fsp3) is 0.462. The standard InChI is InChI=1S/C23H27N7O3.C3H9N/c1-15-13-20(26-23(24-15)29(2)3)33-12-4-5-19-21(22(32)25-17-8-9-17)27-28-30(19)18-10-6-16(14-31)7-11-18;1-3-4-2/h6-7,10-11,13-14,17H,4-5,8-9,12H2,1-3H3,(H,25,32);4H,3H2,1-2H3. The highest BCUT2D eigenvalue weighted by Gasteiger charge is 2.27. The van der Waals surface area contributed by atoms with Gasteiger partial charge in [-0.3, -0.25) is 9.59 Å². The van der Waals surface area contributed by atoms with Crippen molar-refractivity contribution in [3.8, 4) is 11.6 Å². The Morgan fingerprint density at radius 3 is 2.51 bits per heavy atom. The van der Waals surface area contributed by atoms with Crippen molar-refractivity contribution in [3.63, 3.8) is 0 Å². The zero-order valence-electron chi connectivity index (χ0n) is 22.2. The number of benzene rings is 1. The Morgan fingerprint density at radius 1 is 1.22 bits per heavy atom. The number of hydrogen-bond donors (Lipinski definition) is 2. The Bertz CT molecular complexity index is 1170. The van der Waals surface area contributed by atoms with Crippen molar-refractivity contribution < 1.29 is 14.3 Å². The van der Waals surface area contributed by atoms with Crippen LogP contribution in [0.25, 0.3) is 5.69 Å². The first-order valence-corrected chi connectivity index (χ1v) is 12.5. The molecule has 0 unspecified atom stereocenters. The van der Waals surface area contributed by atoms with Crippen LogP contribution in [0.1, 0.15) is 58.4 Å². The summed E-state index contributed by atoms with van der Waals surface area (Å²) in [7, 11) is 5.69. The molecule has 11 heteroatoms. The minimum absolute atomic E-state index is 0.216. The number of aromatic nitrogens is 5. The summed E-state index contributed by atoms with van der Waals surface area (Å²) in [6.07, 6.45) is 3.92. The number of nitrogens with one attached hydrogen (secondary N) is 2. The number of hydrogen-bond acceptors (Lipinski definition) is 9. The quantitative estimate of drug-likeness (QED) is 0.296. The smallest absolute Gasteiger partial charge is 0.273 e. The highest BCUT2D eigenvalue weighted by atomic mass is 16.5. The van der Waals surface area contributed by atoms with Crippen molar-refractivity contribution in [1.29, 1.82) is 0 Å². The SMILES string of the molecule is CCNC.Cc1cc(OCCCc2c(C(=O)NC3CC3)nnn2-c2ccc(C=O)cc2)nc(N(C)C)n1. The summed E-state index contributed by atoms with van der Waals surface area (Å²) in [6.45, 7) is 5.44. The van der Waals surface area contributed by atoms with E-state index in [9.17, 15) is 9.59 Å². The maximum Gasteiger partial charge on any atom is 0.273 e. The highest BCUT2D eigenvalue weighted by Crippen LogP contribution is 2.21. The molecule has 0 atom stereocenters. The number of aldehydes is 1. The van der Waals surface area contributed by atoms with Crippen LogP contribution >= 0.6 is 0 Å². The van der Waals surface area contributed by atoms with Gasteiger partial charge in [0, 0.05) is 37.5 Å². The second-order valence-electron chi connectivity index (χ2n) is 8.95. The van der Waals surface area contributed by atoms with E-state index in [1.807, 2.05) is 33.0 Å². The molecule has 0 bridgehead atoms. The zero-order chi connectivity index (χ0) is 26.8. The maximum absolute atomic E-state index is 12.7. The van der Waals surface area contributed by atoms with Crippen LogP contribution in [0.4, 0.5) is 5.95 Å². The van der Waals surface area contributed by atoms with Gasteiger partial charge in [0.05, 0.1) is 18.0 Å². The van der Waals surface area contributed by atoms with E-state index in [0.29, 0.717) is 48.2 Å². The molecule has 1 aliphatic rings. The van der Waals surface area contributed by atoms with Crippen molar-refractivity contribution in [2.45, 2.75) is 45.6 Å². The molecule has 0 spiro atoms. The predicted octanol–water partition coefficient (Wildman–Crippen LogP) is 2.37. The van der Waals surface area contributed by atoms with Gasteiger partial charge in [0.1, 0.15) is 6.29 Å². The third-order valence-corrected chi connectivity index (χ3v) is 5.54. The summed E-state index contributed by atoms with van der Waals surface area (Å²) in [5, 5.41) is 14.3. The summed E-state index contributed by atoms with van der Waals surface area (Å²) in [6, 6.07) is 9.00. The van der Waals surface area contributed by atoms with E-state index >= 15 is 0 Å². The van der Waals surface area contributed by atoms with E-state index in [4.69, 9.17) is 4.74 Å². The van der Waals surface area contributed by atoms with Crippen LogP contribution in [0.3, 0.4) is 0 Å². The summed E-state index contributed by atoms with van der Waals surface area (Å²) in [4.78, 5) is 34.3. The largest absolute Gasteiger partial charge is 0.478 e. The van der Waals surface area contributed by atoms with Crippen molar-refractivity contribution in [2.24, 2.45) is 0 Å². The minimum Gasteiger partial charge on any atom is -0.478 e. The van der Waals surface area contributed by atoms with Crippen LogP contribution in [0.2, 0.25) is 0 Å². The van der Waals surface area contributed by atoms with Gasteiger partial charge >= 0.3 is 0 Å². The van der Waals surface area contributed by atoms with Crippen molar-refractivity contribution >= 4 is 18.1 Å². The van der Waals surface area contributed by atoms with Gasteiger partial charge in [-0.15, -0.1) is 5.10 Å². The van der Waals surface area contributed by atoms with Crippen LogP contribution in [-0.2, 0) is 6.42 Å². The summed E-state index contributed by atoms with van der Waals surface area (Å²) < 4.78 is 7.51. The van der Waals surface area contributed by atoms with E-state index in [1.165, 1.54) is 0 Å². The number of anilines is 1. The second kappa shape index (κ2) is 13.4. The molecule has 4 rings (SSSR count). The average molecular weight is 509 g/mol. The molecule has 0 aliphatic heterocycles. The number of rotatable bonds is 11. The minimum atomic E-state index is -0.216. The molecule has 1 aliphatic carbocycles. The van der Waals surface area contributed by atoms with Crippen LogP contribution in [-0.4, -0.2) is 77.5 Å². The van der Waals surface area contributed by atoms with Crippen LogP contribution in [0, 0.1) is 6.92 Å². The van der Waals surface area contributed by atoms with Crippen molar-refractivity contribution in [1.82, 2.24) is 35.6 Å². The van der Waals surface area contributed by atoms with Gasteiger partial charge in [-0.1, -0.05) is 12.1 Å². The van der Waals surface area contributed by atoms with E-state index in [0.717, 1.165) is 37.1 Å². The van der Waals surface area contributed by atoms with Crippen LogP contribution in [0.15, 0.2) is 30.3 Å². The van der Waals surface area contributed by atoms with Gasteiger partial charge in [-0.2, -0.15) is 4.98 Å². The molecule has 1 amide bonds. The fourth-order valence-corrected chi connectivity index (χ4v) is 3.30. The molecule has 3 aromatic rings. The second-order valence-corrected chi connectivity index (χ2v) is 8.95. The van der Waals surface area contributed by atoms with Gasteiger partial charge in [-0.25, -0.2) is 9.67 Å². The number of carbonyl (C=O) groups is 2. The molecule has 2 heterocycles.